The molecule has 0 N–H and O–H groups in total. The SMILES string of the molecule is CC(c1ccc(F)c(F)c1)N1CCN(c2c(C#N)c(=O)n(C)c3ccc(C#N)nc23)C[C@H]1C. The monoisotopic (exact) mass is 448 g/mol. The lowest BCUT2D eigenvalue weighted by atomic mass is 10.0. The van der Waals surface area contributed by atoms with E-state index in [1.54, 1.807) is 25.2 Å². The standard InChI is InChI=1S/C24H22F2N6O/c1-14-13-31(8-9-32(14)15(2)16-4-6-19(25)20(26)10-16)23-18(12-28)24(33)30(3)21-7-5-17(11-27)29-22(21)23/h4-7,10,14-15H,8-9,13H2,1-3H3/t14-,15?/m1/s1. The van der Waals surface area contributed by atoms with Crippen LogP contribution in [-0.2, 0) is 7.05 Å². The Morgan fingerprint density at radius 2 is 1.88 bits per heavy atom. The number of benzene rings is 1. The molecule has 1 aromatic carbocycles. The summed E-state index contributed by atoms with van der Waals surface area (Å²) in [5.41, 5.74) is 1.84. The summed E-state index contributed by atoms with van der Waals surface area (Å²) < 4.78 is 28.5. The maximum Gasteiger partial charge on any atom is 0.270 e. The Bertz CT molecular complexity index is 1390. The summed E-state index contributed by atoms with van der Waals surface area (Å²) in [6.45, 7) is 5.50. The van der Waals surface area contributed by atoms with Crippen LogP contribution >= 0.6 is 0 Å². The topological polar surface area (TPSA) is 89.0 Å². The zero-order chi connectivity index (χ0) is 23.9. The number of nitrogens with zero attached hydrogens (tertiary/aromatic N) is 6. The van der Waals surface area contributed by atoms with E-state index in [-0.39, 0.29) is 23.3 Å². The first-order valence-electron chi connectivity index (χ1n) is 10.6. The molecular weight excluding hydrogens is 426 g/mol. The lowest BCUT2D eigenvalue weighted by molar-refractivity contribution is 0.138. The molecular formula is C24H22F2N6O. The van der Waals surface area contributed by atoms with Gasteiger partial charge >= 0.3 is 0 Å². The highest BCUT2D eigenvalue weighted by molar-refractivity contribution is 5.92. The number of piperazine rings is 1. The van der Waals surface area contributed by atoms with E-state index in [0.29, 0.717) is 41.9 Å². The third-order valence-electron chi connectivity index (χ3n) is 6.36. The van der Waals surface area contributed by atoms with Gasteiger partial charge in [0.15, 0.2) is 11.6 Å². The van der Waals surface area contributed by atoms with Gasteiger partial charge in [0.25, 0.3) is 5.56 Å². The molecule has 3 aromatic rings. The van der Waals surface area contributed by atoms with Gasteiger partial charge in [0, 0.05) is 38.8 Å². The summed E-state index contributed by atoms with van der Waals surface area (Å²) >= 11 is 0. The minimum absolute atomic E-state index is 0.0121. The quantitative estimate of drug-likeness (QED) is 0.611. The molecule has 0 saturated carbocycles. The highest BCUT2D eigenvalue weighted by Gasteiger charge is 2.31. The van der Waals surface area contributed by atoms with Gasteiger partial charge in [-0.1, -0.05) is 6.07 Å². The lowest BCUT2D eigenvalue weighted by Crippen LogP contribution is -2.53. The Balaban J connectivity index is 1.72. The number of anilines is 1. The van der Waals surface area contributed by atoms with Crippen LogP contribution in [0.2, 0.25) is 0 Å². The fourth-order valence-corrected chi connectivity index (χ4v) is 4.58. The Kier molecular flexibility index (Phi) is 5.84. The smallest absolute Gasteiger partial charge is 0.270 e. The molecule has 0 aliphatic carbocycles. The van der Waals surface area contributed by atoms with Crippen LogP contribution in [-0.4, -0.2) is 40.1 Å². The van der Waals surface area contributed by atoms with Crippen molar-refractivity contribution in [2.24, 2.45) is 7.05 Å². The van der Waals surface area contributed by atoms with Crippen LogP contribution in [0.1, 0.15) is 36.7 Å². The number of hydrogen-bond acceptors (Lipinski definition) is 6. The van der Waals surface area contributed by atoms with Crippen molar-refractivity contribution in [3.63, 3.8) is 0 Å². The summed E-state index contributed by atoms with van der Waals surface area (Å²) in [6, 6.07) is 11.0. The average molecular weight is 448 g/mol. The maximum absolute atomic E-state index is 13.8. The third-order valence-corrected chi connectivity index (χ3v) is 6.36. The van der Waals surface area contributed by atoms with Gasteiger partial charge in [-0.2, -0.15) is 10.5 Å². The second kappa shape index (κ2) is 8.61. The van der Waals surface area contributed by atoms with Crippen molar-refractivity contribution in [3.05, 3.63) is 69.1 Å². The van der Waals surface area contributed by atoms with Gasteiger partial charge in [-0.15, -0.1) is 0 Å². The highest BCUT2D eigenvalue weighted by atomic mass is 19.2. The molecule has 1 saturated heterocycles. The van der Waals surface area contributed by atoms with Crippen molar-refractivity contribution in [2.75, 3.05) is 24.5 Å². The number of hydrogen-bond donors (Lipinski definition) is 0. The Hall–Kier alpha value is -3.82. The van der Waals surface area contributed by atoms with E-state index >= 15 is 0 Å². The molecule has 0 spiro atoms. The Morgan fingerprint density at radius 3 is 2.52 bits per heavy atom. The van der Waals surface area contributed by atoms with Crippen LogP contribution in [0.15, 0.2) is 35.1 Å². The van der Waals surface area contributed by atoms with Crippen molar-refractivity contribution in [2.45, 2.75) is 25.9 Å². The number of pyridine rings is 2. The summed E-state index contributed by atoms with van der Waals surface area (Å²) in [7, 11) is 1.58. The van der Waals surface area contributed by atoms with Gasteiger partial charge in [0.05, 0.1) is 11.2 Å². The van der Waals surface area contributed by atoms with Gasteiger partial charge in [0.2, 0.25) is 0 Å². The normalized spacial score (nSPS) is 17.5. The minimum atomic E-state index is -0.880. The molecule has 1 aliphatic heterocycles. The fraction of sp³-hybridized carbons (Fsp3) is 0.333. The number of halogens is 2. The van der Waals surface area contributed by atoms with E-state index in [9.17, 15) is 24.1 Å². The van der Waals surface area contributed by atoms with Crippen LogP contribution in [0.4, 0.5) is 14.5 Å². The van der Waals surface area contributed by atoms with Crippen molar-refractivity contribution >= 4 is 16.7 Å². The molecule has 0 radical (unpaired) electrons. The molecule has 0 bridgehead atoms. The van der Waals surface area contributed by atoms with E-state index in [0.717, 1.165) is 6.07 Å². The van der Waals surface area contributed by atoms with Crippen molar-refractivity contribution in [1.29, 1.82) is 10.5 Å². The zero-order valence-corrected chi connectivity index (χ0v) is 18.5. The molecule has 0 amide bonds. The number of aromatic nitrogens is 2. The van der Waals surface area contributed by atoms with Crippen LogP contribution in [0.3, 0.4) is 0 Å². The molecule has 1 fully saturated rings. The van der Waals surface area contributed by atoms with Gasteiger partial charge in [0.1, 0.15) is 28.9 Å². The highest BCUT2D eigenvalue weighted by Crippen LogP contribution is 2.32. The van der Waals surface area contributed by atoms with Crippen molar-refractivity contribution < 1.29 is 8.78 Å². The first kappa shape index (κ1) is 22.4. The van der Waals surface area contributed by atoms with Crippen LogP contribution in [0.25, 0.3) is 11.0 Å². The van der Waals surface area contributed by atoms with Crippen molar-refractivity contribution in [1.82, 2.24) is 14.5 Å². The zero-order valence-electron chi connectivity index (χ0n) is 18.5. The van der Waals surface area contributed by atoms with Gasteiger partial charge < -0.3 is 9.47 Å². The fourth-order valence-electron chi connectivity index (χ4n) is 4.58. The molecule has 1 aliphatic rings. The molecule has 7 nitrogen and oxygen atoms in total. The van der Waals surface area contributed by atoms with Gasteiger partial charge in [-0.05, 0) is 43.7 Å². The van der Waals surface area contributed by atoms with E-state index in [1.165, 1.54) is 10.6 Å². The summed E-state index contributed by atoms with van der Waals surface area (Å²) in [6.07, 6.45) is 0. The van der Waals surface area contributed by atoms with Crippen LogP contribution in [0.5, 0.6) is 0 Å². The van der Waals surface area contributed by atoms with Gasteiger partial charge in [-0.25, -0.2) is 13.8 Å². The summed E-state index contributed by atoms with van der Waals surface area (Å²) in [4.78, 5) is 21.4. The first-order chi connectivity index (χ1) is 15.8. The Labute approximate surface area is 189 Å². The van der Waals surface area contributed by atoms with E-state index in [2.05, 4.69) is 9.88 Å². The molecule has 2 atom stereocenters. The van der Waals surface area contributed by atoms with Crippen LogP contribution in [0, 0.1) is 34.3 Å². The molecule has 3 heterocycles. The maximum atomic E-state index is 13.8. The number of aryl methyl sites for hydroxylation is 1. The molecule has 4 rings (SSSR count). The molecule has 1 unspecified atom stereocenters. The summed E-state index contributed by atoms with van der Waals surface area (Å²) in [5.74, 6) is -1.76. The second-order valence-electron chi connectivity index (χ2n) is 8.26. The Morgan fingerprint density at radius 1 is 1.12 bits per heavy atom. The molecule has 2 aromatic heterocycles. The lowest BCUT2D eigenvalue weighted by Gasteiger charge is -2.44. The molecule has 33 heavy (non-hydrogen) atoms. The third kappa shape index (κ3) is 3.81. The molecule has 168 valence electrons. The summed E-state index contributed by atoms with van der Waals surface area (Å²) in [5, 5.41) is 19.1. The minimum Gasteiger partial charge on any atom is -0.366 e. The average Bonchev–Trinajstić information content (AvgIpc) is 2.82. The predicted molar refractivity (Wildman–Crippen MR) is 120 cm³/mol. The largest absolute Gasteiger partial charge is 0.366 e. The second-order valence-corrected chi connectivity index (χ2v) is 8.26. The number of fused-ring (bicyclic) bond motifs is 1. The van der Waals surface area contributed by atoms with Gasteiger partial charge in [-0.3, -0.25) is 9.69 Å². The number of nitriles is 2. The van der Waals surface area contributed by atoms with E-state index in [1.807, 2.05) is 30.9 Å². The number of rotatable bonds is 3. The predicted octanol–water partition coefficient (Wildman–Crippen LogP) is 3.23. The first-order valence-corrected chi connectivity index (χ1v) is 10.6. The van der Waals surface area contributed by atoms with E-state index in [4.69, 9.17) is 0 Å². The van der Waals surface area contributed by atoms with Crippen LogP contribution < -0.4 is 10.5 Å². The van der Waals surface area contributed by atoms with Crippen molar-refractivity contribution in [3.8, 4) is 12.1 Å². The van der Waals surface area contributed by atoms with E-state index < -0.39 is 17.2 Å². The molecule has 9 heteroatoms.